The van der Waals surface area contributed by atoms with E-state index in [0.29, 0.717) is 19.8 Å². The molecule has 0 N–H and O–H groups in total. The molecule has 0 aliphatic carbocycles. The van der Waals surface area contributed by atoms with Crippen LogP contribution in [0, 0.1) is 0 Å². The van der Waals surface area contributed by atoms with Crippen LogP contribution in [0.4, 0.5) is 0 Å². The standard InChI is InChI=1S/C17H23NO5/c1-20-12-5-6-13(15(10-12)21-2)14-4-3-7-18(14)17(19)16-11-22-8-9-23-16/h5-6,10,14,16H,3-4,7-9,11H2,1-2H3. The number of likely N-dealkylation sites (tertiary alicyclic amines) is 1. The van der Waals surface area contributed by atoms with E-state index < -0.39 is 6.10 Å². The quantitative estimate of drug-likeness (QED) is 0.846. The van der Waals surface area contributed by atoms with E-state index in [0.717, 1.165) is 36.4 Å². The smallest absolute Gasteiger partial charge is 0.254 e. The summed E-state index contributed by atoms with van der Waals surface area (Å²) in [5.41, 5.74) is 1.01. The fraction of sp³-hybridized carbons (Fsp3) is 0.588. The third-order valence-electron chi connectivity index (χ3n) is 4.43. The summed E-state index contributed by atoms with van der Waals surface area (Å²) in [5, 5.41) is 0. The summed E-state index contributed by atoms with van der Waals surface area (Å²) >= 11 is 0. The Bertz CT molecular complexity index is 556. The van der Waals surface area contributed by atoms with Gasteiger partial charge in [0.1, 0.15) is 11.5 Å². The molecule has 1 aromatic rings. The third kappa shape index (κ3) is 3.28. The van der Waals surface area contributed by atoms with Crippen LogP contribution in [0.15, 0.2) is 18.2 Å². The van der Waals surface area contributed by atoms with Gasteiger partial charge in [-0.3, -0.25) is 4.79 Å². The third-order valence-corrected chi connectivity index (χ3v) is 4.43. The molecule has 0 spiro atoms. The van der Waals surface area contributed by atoms with Gasteiger partial charge in [-0.25, -0.2) is 0 Å². The second-order valence-electron chi connectivity index (χ2n) is 5.73. The van der Waals surface area contributed by atoms with E-state index in [4.69, 9.17) is 18.9 Å². The van der Waals surface area contributed by atoms with Gasteiger partial charge in [-0.05, 0) is 25.0 Å². The highest BCUT2D eigenvalue weighted by Crippen LogP contribution is 2.39. The number of amides is 1. The zero-order chi connectivity index (χ0) is 16.2. The maximum absolute atomic E-state index is 12.8. The van der Waals surface area contributed by atoms with Crippen molar-refractivity contribution in [1.82, 2.24) is 4.90 Å². The van der Waals surface area contributed by atoms with E-state index >= 15 is 0 Å². The highest BCUT2D eigenvalue weighted by atomic mass is 16.6. The first-order valence-electron chi connectivity index (χ1n) is 7.96. The van der Waals surface area contributed by atoms with Crippen LogP contribution in [-0.2, 0) is 14.3 Å². The van der Waals surface area contributed by atoms with Crippen LogP contribution in [0.1, 0.15) is 24.4 Å². The lowest BCUT2D eigenvalue weighted by Gasteiger charge is -2.31. The number of carbonyl (C=O) groups excluding carboxylic acids is 1. The first kappa shape index (κ1) is 16.1. The zero-order valence-corrected chi connectivity index (χ0v) is 13.6. The van der Waals surface area contributed by atoms with E-state index in [9.17, 15) is 4.79 Å². The number of hydrogen-bond donors (Lipinski definition) is 0. The van der Waals surface area contributed by atoms with Crippen LogP contribution in [0.2, 0.25) is 0 Å². The van der Waals surface area contributed by atoms with Crippen LogP contribution in [0.25, 0.3) is 0 Å². The molecule has 2 fully saturated rings. The van der Waals surface area contributed by atoms with Crippen molar-refractivity contribution in [1.29, 1.82) is 0 Å². The summed E-state index contributed by atoms with van der Waals surface area (Å²) in [6.45, 7) is 2.10. The number of methoxy groups -OCH3 is 2. The molecule has 3 rings (SSSR count). The Hall–Kier alpha value is -1.79. The van der Waals surface area contributed by atoms with Crippen molar-refractivity contribution in [2.45, 2.75) is 25.0 Å². The molecule has 1 aromatic carbocycles. The number of benzene rings is 1. The fourth-order valence-electron chi connectivity index (χ4n) is 3.26. The zero-order valence-electron chi connectivity index (χ0n) is 13.6. The Kier molecular flexibility index (Phi) is 5.03. The molecule has 6 nitrogen and oxygen atoms in total. The van der Waals surface area contributed by atoms with Crippen molar-refractivity contribution in [3.63, 3.8) is 0 Å². The van der Waals surface area contributed by atoms with E-state index in [-0.39, 0.29) is 11.9 Å². The first-order chi connectivity index (χ1) is 11.2. The second kappa shape index (κ2) is 7.19. The molecule has 0 bridgehead atoms. The Morgan fingerprint density at radius 2 is 2.13 bits per heavy atom. The maximum Gasteiger partial charge on any atom is 0.254 e. The summed E-state index contributed by atoms with van der Waals surface area (Å²) in [6.07, 6.45) is 1.40. The minimum atomic E-state index is -0.492. The molecule has 0 radical (unpaired) electrons. The van der Waals surface area contributed by atoms with Crippen molar-refractivity contribution >= 4 is 5.91 Å². The first-order valence-corrected chi connectivity index (χ1v) is 7.96. The normalized spacial score (nSPS) is 24.5. The molecule has 2 heterocycles. The van der Waals surface area contributed by atoms with Crippen LogP contribution in [0.3, 0.4) is 0 Å². The van der Waals surface area contributed by atoms with E-state index in [1.807, 2.05) is 23.1 Å². The lowest BCUT2D eigenvalue weighted by molar-refractivity contribution is -0.158. The lowest BCUT2D eigenvalue weighted by atomic mass is 10.0. The van der Waals surface area contributed by atoms with Crippen molar-refractivity contribution in [2.24, 2.45) is 0 Å². The van der Waals surface area contributed by atoms with Crippen molar-refractivity contribution in [2.75, 3.05) is 40.6 Å². The van der Waals surface area contributed by atoms with E-state index in [1.165, 1.54) is 0 Å². The van der Waals surface area contributed by atoms with Crippen LogP contribution in [-0.4, -0.2) is 57.5 Å². The SMILES string of the molecule is COc1ccc(C2CCCN2C(=O)C2COCCO2)c(OC)c1. The Balaban J connectivity index is 1.82. The number of hydrogen-bond acceptors (Lipinski definition) is 5. The van der Waals surface area contributed by atoms with Gasteiger partial charge >= 0.3 is 0 Å². The molecular formula is C17H23NO5. The summed E-state index contributed by atoms with van der Waals surface area (Å²) in [6, 6.07) is 5.75. The highest BCUT2D eigenvalue weighted by molar-refractivity contribution is 5.82. The summed E-state index contributed by atoms with van der Waals surface area (Å²) in [7, 11) is 3.26. The average molecular weight is 321 g/mol. The van der Waals surface area contributed by atoms with Gasteiger partial charge in [-0.2, -0.15) is 0 Å². The van der Waals surface area contributed by atoms with Crippen LogP contribution >= 0.6 is 0 Å². The van der Waals surface area contributed by atoms with E-state index in [1.54, 1.807) is 14.2 Å². The number of nitrogens with zero attached hydrogens (tertiary/aromatic N) is 1. The molecule has 0 aromatic heterocycles. The van der Waals surface area contributed by atoms with Crippen LogP contribution < -0.4 is 9.47 Å². The monoisotopic (exact) mass is 321 g/mol. The fourth-order valence-corrected chi connectivity index (χ4v) is 3.26. The molecule has 2 atom stereocenters. The number of carbonyl (C=O) groups is 1. The van der Waals surface area contributed by atoms with Gasteiger partial charge in [-0.1, -0.05) is 0 Å². The second-order valence-corrected chi connectivity index (χ2v) is 5.73. The maximum atomic E-state index is 12.8. The number of rotatable bonds is 4. The minimum Gasteiger partial charge on any atom is -0.497 e. The molecular weight excluding hydrogens is 298 g/mol. The van der Waals surface area contributed by atoms with Gasteiger partial charge < -0.3 is 23.8 Å². The van der Waals surface area contributed by atoms with Crippen molar-refractivity contribution in [3.05, 3.63) is 23.8 Å². The number of ether oxygens (including phenoxy) is 4. The summed E-state index contributed by atoms with van der Waals surface area (Å²) < 4.78 is 21.7. The molecule has 2 saturated heterocycles. The van der Waals surface area contributed by atoms with Crippen molar-refractivity contribution in [3.8, 4) is 11.5 Å². The van der Waals surface area contributed by atoms with Gasteiger partial charge in [0.2, 0.25) is 0 Å². The minimum absolute atomic E-state index is 0.00470. The molecule has 126 valence electrons. The molecule has 2 unspecified atom stereocenters. The molecule has 2 aliphatic rings. The average Bonchev–Trinajstić information content (AvgIpc) is 3.10. The molecule has 2 aliphatic heterocycles. The van der Waals surface area contributed by atoms with Crippen molar-refractivity contribution < 1.29 is 23.7 Å². The topological polar surface area (TPSA) is 57.2 Å². The van der Waals surface area contributed by atoms with Gasteiger partial charge in [0.05, 0.1) is 40.1 Å². The Morgan fingerprint density at radius 3 is 2.83 bits per heavy atom. The summed E-state index contributed by atoms with van der Waals surface area (Å²) in [5.74, 6) is 1.49. The van der Waals surface area contributed by atoms with E-state index in [2.05, 4.69) is 0 Å². The molecule has 0 saturated carbocycles. The summed E-state index contributed by atoms with van der Waals surface area (Å²) in [4.78, 5) is 14.7. The largest absolute Gasteiger partial charge is 0.497 e. The lowest BCUT2D eigenvalue weighted by Crippen LogP contribution is -2.45. The molecule has 23 heavy (non-hydrogen) atoms. The van der Waals surface area contributed by atoms with Gasteiger partial charge in [0.25, 0.3) is 5.91 Å². The molecule has 6 heteroatoms. The Morgan fingerprint density at radius 1 is 1.26 bits per heavy atom. The predicted molar refractivity (Wildman–Crippen MR) is 83.8 cm³/mol. The molecule has 1 amide bonds. The highest BCUT2D eigenvalue weighted by Gasteiger charge is 2.36. The van der Waals surface area contributed by atoms with Crippen LogP contribution in [0.5, 0.6) is 11.5 Å². The predicted octanol–water partition coefficient (Wildman–Crippen LogP) is 1.78. The Labute approximate surface area is 136 Å². The van der Waals surface area contributed by atoms with Gasteiger partial charge in [-0.15, -0.1) is 0 Å². The van der Waals surface area contributed by atoms with Gasteiger partial charge in [0.15, 0.2) is 6.10 Å². The van der Waals surface area contributed by atoms with Gasteiger partial charge in [0, 0.05) is 18.2 Å².